The smallest absolute Gasteiger partial charge is 0.234 e. The first-order chi connectivity index (χ1) is 26.6. The Morgan fingerprint density at radius 1 is 1.05 bits per heavy atom. The summed E-state index contributed by atoms with van der Waals surface area (Å²) in [7, 11) is 0. The highest BCUT2D eigenvalue weighted by Crippen LogP contribution is 2.42. The van der Waals surface area contributed by atoms with E-state index in [1.807, 2.05) is 49.4 Å². The summed E-state index contributed by atoms with van der Waals surface area (Å²) >= 11 is 9.52. The molecule has 0 radical (unpaired) electrons. The van der Waals surface area contributed by atoms with E-state index >= 15 is 0 Å². The molecular formula is C40H43ClN8O4S2. The SMILES string of the molecule is Cc1sc2c(c1C)C(c1ccc(Cl)cc1)=N[C@@H](CC(=O)NCCCCCOc1ccc3nc(N4CCC5(CCCC(=O)NC5=O)C4)sc3c1)c1nnc(C)n1-2. The van der Waals surface area contributed by atoms with Gasteiger partial charge in [-0.05, 0) is 95.2 Å². The molecule has 2 fully saturated rings. The second kappa shape index (κ2) is 15.5. The van der Waals surface area contributed by atoms with E-state index in [0.717, 1.165) is 99.4 Å². The number of halogens is 1. The molecule has 1 spiro atoms. The molecule has 5 aromatic rings. The van der Waals surface area contributed by atoms with Gasteiger partial charge >= 0.3 is 0 Å². The monoisotopic (exact) mass is 798 g/mol. The molecule has 12 nitrogen and oxygen atoms in total. The number of carbonyl (C=O) groups is 3. The largest absolute Gasteiger partial charge is 0.494 e. The van der Waals surface area contributed by atoms with E-state index < -0.39 is 11.5 Å². The summed E-state index contributed by atoms with van der Waals surface area (Å²) in [6.07, 6.45) is 5.31. The first-order valence-electron chi connectivity index (χ1n) is 18.8. The minimum absolute atomic E-state index is 0.0836. The number of nitrogens with one attached hydrogen (secondary N) is 2. The number of imide groups is 1. The van der Waals surface area contributed by atoms with E-state index in [1.165, 1.54) is 4.88 Å². The number of unbranched alkanes of at least 4 members (excludes halogenated alkanes) is 2. The molecule has 6 heterocycles. The molecule has 8 rings (SSSR count). The summed E-state index contributed by atoms with van der Waals surface area (Å²) in [5.41, 5.74) is 4.33. The molecule has 0 aliphatic carbocycles. The summed E-state index contributed by atoms with van der Waals surface area (Å²) in [5.74, 6) is 1.81. The second-order valence-electron chi connectivity index (χ2n) is 14.7. The van der Waals surface area contributed by atoms with E-state index in [4.69, 9.17) is 26.3 Å². The molecule has 3 aliphatic heterocycles. The summed E-state index contributed by atoms with van der Waals surface area (Å²) in [6, 6.07) is 13.1. The minimum Gasteiger partial charge on any atom is -0.494 e. The average molecular weight is 799 g/mol. The van der Waals surface area contributed by atoms with E-state index in [1.54, 1.807) is 22.7 Å². The standard InChI is InChI=1S/C40H43ClN8O4S2/c1-23-24(2)54-37-34(23)35(26-9-11-27(41)12-10-26)43-30(36-47-46-25(3)49(36)37)21-33(51)42-17-5-4-6-19-53-28-13-14-29-31(20-28)55-39(44-29)48-18-16-40(22-48)15-7-8-32(50)45-38(40)52/h9-14,20,30H,4-8,15-19,21-22H2,1-3H3,(H,42,51)(H,45,50,52)/t30-,40?/m0/s1. The molecule has 15 heteroatoms. The number of fused-ring (bicyclic) bond motifs is 4. The number of anilines is 1. The molecular weight excluding hydrogens is 756 g/mol. The normalized spacial score (nSPS) is 19.5. The van der Waals surface area contributed by atoms with Gasteiger partial charge in [-0.1, -0.05) is 35.1 Å². The van der Waals surface area contributed by atoms with Gasteiger partial charge in [0.1, 0.15) is 22.6 Å². The summed E-state index contributed by atoms with van der Waals surface area (Å²) < 4.78 is 9.19. The van der Waals surface area contributed by atoms with Crippen molar-refractivity contribution in [1.29, 1.82) is 0 Å². The number of aliphatic imine (C=N–C) groups is 1. The molecule has 55 heavy (non-hydrogen) atoms. The summed E-state index contributed by atoms with van der Waals surface area (Å²) in [6.45, 7) is 8.60. The maximum absolute atomic E-state index is 13.3. The zero-order valence-corrected chi connectivity index (χ0v) is 33.5. The van der Waals surface area contributed by atoms with Crippen LogP contribution in [0.1, 0.15) is 90.6 Å². The van der Waals surface area contributed by atoms with Gasteiger partial charge in [0.2, 0.25) is 17.7 Å². The van der Waals surface area contributed by atoms with Crippen molar-refractivity contribution in [1.82, 2.24) is 30.4 Å². The molecule has 2 saturated heterocycles. The second-order valence-corrected chi connectivity index (χ2v) is 17.3. The molecule has 0 bridgehead atoms. The van der Waals surface area contributed by atoms with Crippen molar-refractivity contribution in [3.63, 3.8) is 0 Å². The Morgan fingerprint density at radius 2 is 1.89 bits per heavy atom. The number of aryl methyl sites for hydroxylation is 2. The lowest BCUT2D eigenvalue weighted by atomic mass is 9.82. The number of rotatable bonds is 11. The summed E-state index contributed by atoms with van der Waals surface area (Å²) in [4.78, 5) is 51.5. The van der Waals surface area contributed by atoms with Crippen molar-refractivity contribution in [2.45, 2.75) is 78.2 Å². The van der Waals surface area contributed by atoms with Gasteiger partial charge in [-0.15, -0.1) is 21.5 Å². The number of aromatic nitrogens is 4. The Bertz CT molecular complexity index is 2310. The number of benzene rings is 2. The van der Waals surface area contributed by atoms with Gasteiger partial charge in [-0.25, -0.2) is 4.98 Å². The third kappa shape index (κ3) is 7.51. The first kappa shape index (κ1) is 37.3. The molecule has 3 amide bonds. The molecule has 3 aliphatic rings. The Hall–Kier alpha value is -4.66. The molecule has 2 N–H and O–H groups in total. The van der Waals surface area contributed by atoms with Crippen molar-refractivity contribution >= 4 is 73.1 Å². The number of nitrogens with zero attached hydrogens (tertiary/aromatic N) is 6. The van der Waals surface area contributed by atoms with Gasteiger partial charge in [0.15, 0.2) is 11.0 Å². The van der Waals surface area contributed by atoms with Crippen LogP contribution in [0.3, 0.4) is 0 Å². The fourth-order valence-electron chi connectivity index (χ4n) is 7.77. The fraction of sp³-hybridized carbons (Fsp3) is 0.425. The highest BCUT2D eigenvalue weighted by Gasteiger charge is 2.46. The van der Waals surface area contributed by atoms with Gasteiger partial charge in [-0.2, -0.15) is 0 Å². The number of hydrogen-bond acceptors (Lipinski definition) is 11. The lowest BCUT2D eigenvalue weighted by molar-refractivity contribution is -0.134. The van der Waals surface area contributed by atoms with Crippen LogP contribution in [0, 0.1) is 26.2 Å². The zero-order valence-electron chi connectivity index (χ0n) is 31.1. The van der Waals surface area contributed by atoms with Crippen LogP contribution in [0.5, 0.6) is 5.75 Å². The number of ether oxygens (including phenoxy) is 1. The van der Waals surface area contributed by atoms with Crippen LogP contribution in [0.25, 0.3) is 15.2 Å². The molecule has 0 saturated carbocycles. The van der Waals surface area contributed by atoms with Crippen molar-refractivity contribution in [3.05, 3.63) is 80.7 Å². The van der Waals surface area contributed by atoms with Crippen LogP contribution in [-0.4, -0.2) is 69.4 Å². The Kier molecular flexibility index (Phi) is 10.5. The van der Waals surface area contributed by atoms with Gasteiger partial charge < -0.3 is 15.0 Å². The van der Waals surface area contributed by atoms with Crippen LogP contribution in [0.2, 0.25) is 5.02 Å². The van der Waals surface area contributed by atoms with Crippen LogP contribution in [0.15, 0.2) is 47.5 Å². The predicted molar refractivity (Wildman–Crippen MR) is 216 cm³/mol. The van der Waals surface area contributed by atoms with Crippen molar-refractivity contribution in [2.75, 3.05) is 31.1 Å². The molecule has 2 atom stereocenters. The number of thiophene rings is 1. The van der Waals surface area contributed by atoms with Crippen LogP contribution in [0.4, 0.5) is 5.13 Å². The average Bonchev–Trinajstić information content (AvgIpc) is 3.91. The van der Waals surface area contributed by atoms with Gasteiger partial charge in [0.05, 0.1) is 34.4 Å². The third-order valence-corrected chi connectivity index (χ3v) is 13.4. The van der Waals surface area contributed by atoms with E-state index in [2.05, 4.69) is 44.1 Å². The van der Waals surface area contributed by atoms with Crippen molar-refractivity contribution in [3.8, 4) is 10.8 Å². The van der Waals surface area contributed by atoms with E-state index in [9.17, 15) is 14.4 Å². The van der Waals surface area contributed by atoms with Gasteiger partial charge in [0.25, 0.3) is 0 Å². The maximum atomic E-state index is 13.3. The topological polar surface area (TPSA) is 144 Å². The quantitative estimate of drug-likeness (QED) is 0.106. The number of carbonyl (C=O) groups excluding carboxylic acids is 3. The fourth-order valence-corrected chi connectivity index (χ4v) is 10.1. The van der Waals surface area contributed by atoms with Crippen LogP contribution < -0.4 is 20.3 Å². The Morgan fingerprint density at radius 3 is 2.73 bits per heavy atom. The van der Waals surface area contributed by atoms with Gasteiger partial charge in [0, 0.05) is 47.1 Å². The number of amides is 3. The maximum Gasteiger partial charge on any atom is 0.234 e. The molecule has 2 aromatic carbocycles. The Labute approximate surface area is 332 Å². The first-order valence-corrected chi connectivity index (χ1v) is 20.9. The van der Waals surface area contributed by atoms with Crippen molar-refractivity contribution < 1.29 is 19.1 Å². The van der Waals surface area contributed by atoms with Crippen molar-refractivity contribution in [2.24, 2.45) is 10.4 Å². The molecule has 1 unspecified atom stereocenters. The third-order valence-electron chi connectivity index (χ3n) is 10.9. The predicted octanol–water partition coefficient (Wildman–Crippen LogP) is 7.19. The molecule has 286 valence electrons. The highest BCUT2D eigenvalue weighted by molar-refractivity contribution is 7.22. The molecule has 3 aromatic heterocycles. The van der Waals surface area contributed by atoms with Gasteiger partial charge in [-0.3, -0.25) is 29.3 Å². The zero-order chi connectivity index (χ0) is 38.3. The lowest BCUT2D eigenvalue weighted by Gasteiger charge is -2.25. The minimum atomic E-state index is -0.526. The van der Waals surface area contributed by atoms with E-state index in [-0.39, 0.29) is 24.1 Å². The lowest BCUT2D eigenvalue weighted by Crippen LogP contribution is -2.43. The Balaban J connectivity index is 0.832. The summed E-state index contributed by atoms with van der Waals surface area (Å²) in [5, 5.41) is 17.1. The highest BCUT2D eigenvalue weighted by atomic mass is 35.5. The van der Waals surface area contributed by atoms with Crippen LogP contribution >= 0.6 is 34.3 Å². The van der Waals surface area contributed by atoms with E-state index in [0.29, 0.717) is 37.0 Å². The van der Waals surface area contributed by atoms with Crippen LogP contribution in [-0.2, 0) is 14.4 Å². The number of thiazole rings is 1. The number of hydrogen-bond donors (Lipinski definition) is 2.